The molecule has 0 aliphatic heterocycles. The van der Waals surface area contributed by atoms with Crippen LogP contribution in [0.15, 0.2) is 0 Å². The van der Waals surface area contributed by atoms with Crippen LogP contribution in [0.1, 0.15) is 46.0 Å². The Bertz CT molecular complexity index is 244. The quantitative estimate of drug-likeness (QED) is 0.674. The zero-order chi connectivity index (χ0) is 12.8. The first-order valence-corrected chi connectivity index (χ1v) is 6.70. The number of carbonyl (C=O) groups is 1. The van der Waals surface area contributed by atoms with Crippen LogP contribution in [-0.2, 0) is 4.79 Å². The molecule has 0 spiro atoms. The summed E-state index contributed by atoms with van der Waals surface area (Å²) in [4.78, 5) is 11.8. The van der Waals surface area contributed by atoms with Crippen molar-refractivity contribution in [3.05, 3.63) is 0 Å². The van der Waals surface area contributed by atoms with Crippen LogP contribution in [0.5, 0.6) is 0 Å². The lowest BCUT2D eigenvalue weighted by Crippen LogP contribution is -2.45. The van der Waals surface area contributed by atoms with E-state index in [4.69, 9.17) is 5.73 Å². The molecule has 0 saturated heterocycles. The Labute approximate surface area is 104 Å². The van der Waals surface area contributed by atoms with E-state index in [1.807, 2.05) is 13.8 Å². The van der Waals surface area contributed by atoms with Gasteiger partial charge in [-0.2, -0.15) is 0 Å². The molecule has 1 aliphatic rings. The Morgan fingerprint density at radius 3 is 2.65 bits per heavy atom. The van der Waals surface area contributed by atoms with Gasteiger partial charge in [0, 0.05) is 31.0 Å². The molecule has 4 heteroatoms. The van der Waals surface area contributed by atoms with Crippen LogP contribution in [0.4, 0.5) is 0 Å². The van der Waals surface area contributed by atoms with Crippen LogP contribution >= 0.6 is 0 Å². The molecule has 1 rings (SSSR count). The average molecular weight is 242 g/mol. The zero-order valence-electron chi connectivity index (χ0n) is 11.0. The number of hydrogen-bond donors (Lipinski definition) is 3. The van der Waals surface area contributed by atoms with E-state index >= 15 is 0 Å². The smallest absolute Gasteiger partial charge is 0.221 e. The molecule has 17 heavy (non-hydrogen) atoms. The second kappa shape index (κ2) is 6.97. The second-order valence-electron chi connectivity index (χ2n) is 5.51. The van der Waals surface area contributed by atoms with Gasteiger partial charge in [-0.05, 0) is 18.8 Å². The first-order valence-electron chi connectivity index (χ1n) is 6.70. The van der Waals surface area contributed by atoms with Gasteiger partial charge >= 0.3 is 0 Å². The topological polar surface area (TPSA) is 75.4 Å². The molecule has 3 unspecified atom stereocenters. The number of amides is 1. The second-order valence-corrected chi connectivity index (χ2v) is 5.51. The molecule has 0 bridgehead atoms. The van der Waals surface area contributed by atoms with Crippen molar-refractivity contribution in [3.63, 3.8) is 0 Å². The van der Waals surface area contributed by atoms with Gasteiger partial charge in [0.1, 0.15) is 0 Å². The lowest BCUT2D eigenvalue weighted by molar-refractivity contribution is -0.123. The van der Waals surface area contributed by atoms with Gasteiger partial charge in [0.15, 0.2) is 0 Å². The van der Waals surface area contributed by atoms with Crippen LogP contribution < -0.4 is 11.1 Å². The predicted molar refractivity (Wildman–Crippen MR) is 68.4 cm³/mol. The molecule has 4 N–H and O–H groups in total. The molecule has 1 fully saturated rings. The number of rotatable bonds is 5. The Hall–Kier alpha value is -0.610. The SMILES string of the molecule is CC(C)C(N)CC(=O)NC1CCCCC1CO. The van der Waals surface area contributed by atoms with Gasteiger partial charge in [-0.1, -0.05) is 26.7 Å². The predicted octanol–water partition coefficient (Wildman–Crippen LogP) is 1.03. The third-order valence-electron chi connectivity index (χ3n) is 3.77. The van der Waals surface area contributed by atoms with Crippen molar-refractivity contribution in [2.24, 2.45) is 17.6 Å². The van der Waals surface area contributed by atoms with E-state index in [0.717, 1.165) is 25.7 Å². The summed E-state index contributed by atoms with van der Waals surface area (Å²) in [5.41, 5.74) is 5.88. The largest absolute Gasteiger partial charge is 0.396 e. The van der Waals surface area contributed by atoms with E-state index in [1.54, 1.807) is 0 Å². The van der Waals surface area contributed by atoms with Gasteiger partial charge in [0.25, 0.3) is 0 Å². The minimum Gasteiger partial charge on any atom is -0.396 e. The lowest BCUT2D eigenvalue weighted by Gasteiger charge is -2.31. The van der Waals surface area contributed by atoms with Crippen molar-refractivity contribution in [2.75, 3.05) is 6.61 Å². The molecular formula is C13H26N2O2. The Morgan fingerprint density at radius 2 is 2.06 bits per heavy atom. The van der Waals surface area contributed by atoms with Crippen molar-refractivity contribution >= 4 is 5.91 Å². The van der Waals surface area contributed by atoms with Crippen LogP contribution in [-0.4, -0.2) is 29.7 Å². The molecule has 100 valence electrons. The maximum Gasteiger partial charge on any atom is 0.221 e. The Kier molecular flexibility index (Phi) is 5.92. The van der Waals surface area contributed by atoms with Gasteiger partial charge < -0.3 is 16.2 Å². The third-order valence-corrected chi connectivity index (χ3v) is 3.77. The molecule has 1 saturated carbocycles. The minimum atomic E-state index is -0.0776. The molecule has 1 aliphatic carbocycles. The highest BCUT2D eigenvalue weighted by Crippen LogP contribution is 2.24. The van der Waals surface area contributed by atoms with E-state index in [0.29, 0.717) is 12.3 Å². The summed E-state index contributed by atoms with van der Waals surface area (Å²) < 4.78 is 0. The molecule has 0 aromatic rings. The van der Waals surface area contributed by atoms with Crippen LogP contribution in [0.25, 0.3) is 0 Å². The van der Waals surface area contributed by atoms with Gasteiger partial charge in [0.05, 0.1) is 0 Å². The summed E-state index contributed by atoms with van der Waals surface area (Å²) in [5, 5.41) is 12.3. The van der Waals surface area contributed by atoms with E-state index < -0.39 is 0 Å². The highest BCUT2D eigenvalue weighted by Gasteiger charge is 2.26. The van der Waals surface area contributed by atoms with Gasteiger partial charge in [0.2, 0.25) is 5.91 Å². The number of carbonyl (C=O) groups excluding carboxylic acids is 1. The molecular weight excluding hydrogens is 216 g/mol. The monoisotopic (exact) mass is 242 g/mol. The summed E-state index contributed by atoms with van der Waals surface area (Å²) >= 11 is 0. The van der Waals surface area contributed by atoms with Crippen molar-refractivity contribution < 1.29 is 9.90 Å². The van der Waals surface area contributed by atoms with Crippen LogP contribution in [0.3, 0.4) is 0 Å². The number of aliphatic hydroxyl groups is 1. The highest BCUT2D eigenvalue weighted by molar-refractivity contribution is 5.76. The molecule has 0 radical (unpaired) electrons. The molecule has 1 amide bonds. The van der Waals surface area contributed by atoms with Crippen molar-refractivity contribution in [1.82, 2.24) is 5.32 Å². The molecule has 0 aromatic carbocycles. The number of aliphatic hydroxyl groups excluding tert-OH is 1. The van der Waals surface area contributed by atoms with Crippen molar-refractivity contribution in [1.29, 1.82) is 0 Å². The van der Waals surface area contributed by atoms with Crippen molar-refractivity contribution in [3.8, 4) is 0 Å². The summed E-state index contributed by atoms with van der Waals surface area (Å²) in [6.07, 6.45) is 4.67. The molecule has 0 heterocycles. The molecule has 3 atom stereocenters. The van der Waals surface area contributed by atoms with Crippen LogP contribution in [0.2, 0.25) is 0 Å². The summed E-state index contributed by atoms with van der Waals surface area (Å²) in [6, 6.07) is 0.0618. The number of hydrogen-bond acceptors (Lipinski definition) is 3. The van der Waals surface area contributed by atoms with Gasteiger partial charge in [-0.3, -0.25) is 4.79 Å². The van der Waals surface area contributed by atoms with E-state index in [-0.39, 0.29) is 30.5 Å². The van der Waals surface area contributed by atoms with Crippen LogP contribution in [0, 0.1) is 11.8 Å². The fourth-order valence-electron chi connectivity index (χ4n) is 2.33. The van der Waals surface area contributed by atoms with Gasteiger partial charge in [-0.25, -0.2) is 0 Å². The molecule has 4 nitrogen and oxygen atoms in total. The minimum absolute atomic E-state index is 0.0246. The maximum atomic E-state index is 11.8. The maximum absolute atomic E-state index is 11.8. The third kappa shape index (κ3) is 4.64. The first-order chi connectivity index (χ1) is 8.04. The summed E-state index contributed by atoms with van der Waals surface area (Å²) in [7, 11) is 0. The Balaban J connectivity index is 2.38. The standard InChI is InChI=1S/C13H26N2O2/c1-9(2)11(14)7-13(17)15-12-6-4-3-5-10(12)8-16/h9-12,16H,3-8,14H2,1-2H3,(H,15,17). The highest BCUT2D eigenvalue weighted by atomic mass is 16.3. The molecule has 0 aromatic heterocycles. The Morgan fingerprint density at radius 1 is 1.41 bits per heavy atom. The van der Waals surface area contributed by atoms with Gasteiger partial charge in [-0.15, -0.1) is 0 Å². The number of nitrogens with two attached hydrogens (primary N) is 1. The summed E-state index contributed by atoms with van der Waals surface area (Å²) in [5.74, 6) is 0.570. The normalized spacial score (nSPS) is 26.9. The van der Waals surface area contributed by atoms with E-state index in [2.05, 4.69) is 5.32 Å². The van der Waals surface area contributed by atoms with Crippen molar-refractivity contribution in [2.45, 2.75) is 58.0 Å². The van der Waals surface area contributed by atoms with E-state index in [9.17, 15) is 9.90 Å². The van der Waals surface area contributed by atoms with E-state index in [1.165, 1.54) is 0 Å². The number of nitrogens with one attached hydrogen (secondary N) is 1. The first kappa shape index (κ1) is 14.5. The lowest BCUT2D eigenvalue weighted by atomic mass is 9.85. The average Bonchev–Trinajstić information content (AvgIpc) is 2.29. The fraction of sp³-hybridized carbons (Fsp3) is 0.923. The zero-order valence-corrected chi connectivity index (χ0v) is 11.0. The summed E-state index contributed by atoms with van der Waals surface area (Å²) in [6.45, 7) is 4.21. The fourth-order valence-corrected chi connectivity index (χ4v) is 2.33.